The van der Waals surface area contributed by atoms with Crippen molar-refractivity contribution in [1.82, 2.24) is 25.3 Å². The number of likely N-dealkylation sites (tertiary alicyclic amines) is 1. The quantitative estimate of drug-likeness (QED) is 0.524. The second-order valence-corrected chi connectivity index (χ2v) is 8.39. The molecule has 0 aromatic heterocycles. The SMILES string of the molecule is CN=C(NCC(C(C)C)N1CCN(C)CC1)N1CCC(CC(=O)NC)CC1. The van der Waals surface area contributed by atoms with Crippen molar-refractivity contribution in [1.29, 1.82) is 0 Å². The monoisotopic (exact) mass is 380 g/mol. The summed E-state index contributed by atoms with van der Waals surface area (Å²) in [6, 6.07) is 0.529. The third-order valence-corrected chi connectivity index (χ3v) is 6.12. The van der Waals surface area contributed by atoms with Crippen molar-refractivity contribution < 1.29 is 4.79 Å². The number of hydrogen-bond acceptors (Lipinski definition) is 4. The van der Waals surface area contributed by atoms with Gasteiger partial charge < -0.3 is 20.4 Å². The van der Waals surface area contributed by atoms with E-state index in [1.54, 1.807) is 7.05 Å². The Kier molecular flexibility index (Phi) is 8.83. The highest BCUT2D eigenvalue weighted by atomic mass is 16.1. The number of carbonyl (C=O) groups is 1. The van der Waals surface area contributed by atoms with Gasteiger partial charge in [-0.1, -0.05) is 13.8 Å². The molecule has 2 rings (SSSR count). The number of aliphatic imine (C=N–C) groups is 1. The van der Waals surface area contributed by atoms with E-state index in [4.69, 9.17) is 0 Å². The summed E-state index contributed by atoms with van der Waals surface area (Å²) >= 11 is 0. The van der Waals surface area contributed by atoms with E-state index in [-0.39, 0.29) is 5.91 Å². The standard InChI is InChI=1S/C20H40N6O/c1-16(2)18(25-12-10-24(5)11-13-25)15-23-20(22-4)26-8-6-17(7-9-26)14-19(27)21-3/h16-18H,6-15H2,1-5H3,(H,21,27)(H,22,23). The molecule has 0 spiro atoms. The number of piperidine rings is 1. The van der Waals surface area contributed by atoms with E-state index in [1.165, 1.54) is 0 Å². The van der Waals surface area contributed by atoms with Crippen molar-refractivity contribution in [2.24, 2.45) is 16.8 Å². The summed E-state index contributed by atoms with van der Waals surface area (Å²) in [4.78, 5) is 23.5. The molecule has 2 heterocycles. The maximum absolute atomic E-state index is 11.6. The van der Waals surface area contributed by atoms with Crippen molar-refractivity contribution in [3.05, 3.63) is 0 Å². The predicted octanol–water partition coefficient (Wildman–Crippen LogP) is 0.682. The van der Waals surface area contributed by atoms with Gasteiger partial charge in [0, 0.05) is 72.4 Å². The van der Waals surface area contributed by atoms with Crippen LogP contribution in [0.1, 0.15) is 33.1 Å². The van der Waals surface area contributed by atoms with Gasteiger partial charge in [0.15, 0.2) is 5.96 Å². The molecule has 0 saturated carbocycles. The van der Waals surface area contributed by atoms with Gasteiger partial charge in [-0.25, -0.2) is 0 Å². The number of nitrogens with zero attached hydrogens (tertiary/aromatic N) is 4. The maximum atomic E-state index is 11.6. The molecule has 2 saturated heterocycles. The van der Waals surface area contributed by atoms with E-state index in [9.17, 15) is 4.79 Å². The fraction of sp³-hybridized carbons (Fsp3) is 0.900. The third-order valence-electron chi connectivity index (χ3n) is 6.12. The first-order chi connectivity index (χ1) is 12.9. The van der Waals surface area contributed by atoms with Crippen LogP contribution in [0.15, 0.2) is 4.99 Å². The predicted molar refractivity (Wildman–Crippen MR) is 112 cm³/mol. The minimum Gasteiger partial charge on any atom is -0.359 e. The van der Waals surface area contributed by atoms with Crippen molar-refractivity contribution in [2.45, 2.75) is 39.2 Å². The molecule has 0 aliphatic carbocycles. The number of likely N-dealkylation sites (N-methyl/N-ethyl adjacent to an activating group) is 1. The summed E-state index contributed by atoms with van der Waals surface area (Å²) in [6.07, 6.45) is 2.76. The lowest BCUT2D eigenvalue weighted by atomic mass is 9.93. The largest absolute Gasteiger partial charge is 0.359 e. The van der Waals surface area contributed by atoms with Gasteiger partial charge in [-0.3, -0.25) is 14.7 Å². The summed E-state index contributed by atoms with van der Waals surface area (Å²) in [6.45, 7) is 12.1. The Bertz CT molecular complexity index is 479. The minimum atomic E-state index is 0.155. The Balaban J connectivity index is 1.82. The lowest BCUT2D eigenvalue weighted by molar-refractivity contribution is -0.121. The zero-order valence-electron chi connectivity index (χ0n) is 18.0. The number of piperazine rings is 1. The Morgan fingerprint density at radius 1 is 1.11 bits per heavy atom. The molecule has 2 fully saturated rings. The van der Waals surface area contributed by atoms with Crippen LogP contribution in [0.2, 0.25) is 0 Å². The Labute approximate surface area is 165 Å². The molecule has 0 radical (unpaired) electrons. The van der Waals surface area contributed by atoms with Gasteiger partial charge in [0.1, 0.15) is 0 Å². The Morgan fingerprint density at radius 2 is 1.74 bits per heavy atom. The molecule has 2 aliphatic heterocycles. The molecule has 1 atom stereocenters. The first-order valence-electron chi connectivity index (χ1n) is 10.5. The lowest BCUT2D eigenvalue weighted by Gasteiger charge is -2.41. The molecule has 0 aromatic carbocycles. The molecule has 0 aromatic rings. The van der Waals surface area contributed by atoms with Crippen LogP contribution in [0.5, 0.6) is 0 Å². The van der Waals surface area contributed by atoms with Gasteiger partial charge in [0.2, 0.25) is 5.91 Å². The second-order valence-electron chi connectivity index (χ2n) is 8.39. The number of guanidine groups is 1. The summed E-state index contributed by atoms with van der Waals surface area (Å²) in [7, 11) is 5.80. The van der Waals surface area contributed by atoms with Crippen LogP contribution in [0.25, 0.3) is 0 Å². The molecule has 2 N–H and O–H groups in total. The molecule has 1 unspecified atom stereocenters. The Morgan fingerprint density at radius 3 is 2.26 bits per heavy atom. The topological polar surface area (TPSA) is 63.2 Å². The van der Waals surface area contributed by atoms with Gasteiger partial charge in [-0.2, -0.15) is 0 Å². The summed E-state index contributed by atoms with van der Waals surface area (Å²) < 4.78 is 0. The third kappa shape index (κ3) is 6.64. The second kappa shape index (κ2) is 10.9. The van der Waals surface area contributed by atoms with Crippen LogP contribution in [-0.4, -0.2) is 99.6 Å². The van der Waals surface area contributed by atoms with Crippen molar-refractivity contribution in [3.8, 4) is 0 Å². The van der Waals surface area contributed by atoms with E-state index < -0.39 is 0 Å². The zero-order valence-corrected chi connectivity index (χ0v) is 18.0. The molecule has 27 heavy (non-hydrogen) atoms. The Hall–Kier alpha value is -1.34. The van der Waals surface area contributed by atoms with Gasteiger partial charge >= 0.3 is 0 Å². The lowest BCUT2D eigenvalue weighted by Crippen LogP contribution is -2.56. The first kappa shape index (κ1) is 22.0. The molecule has 7 heteroatoms. The number of amides is 1. The number of rotatable bonds is 6. The van der Waals surface area contributed by atoms with E-state index in [1.807, 2.05) is 7.05 Å². The molecular formula is C20H40N6O. The van der Waals surface area contributed by atoms with E-state index in [0.29, 0.717) is 24.3 Å². The zero-order chi connectivity index (χ0) is 19.8. The summed E-state index contributed by atoms with van der Waals surface area (Å²) in [5.74, 6) is 2.27. The molecular weight excluding hydrogens is 340 g/mol. The van der Waals surface area contributed by atoms with Crippen molar-refractivity contribution >= 4 is 11.9 Å². The minimum absolute atomic E-state index is 0.155. The van der Waals surface area contributed by atoms with E-state index in [2.05, 4.69) is 51.2 Å². The average Bonchev–Trinajstić information content (AvgIpc) is 2.67. The van der Waals surface area contributed by atoms with Gasteiger partial charge in [0.25, 0.3) is 0 Å². The highest BCUT2D eigenvalue weighted by molar-refractivity contribution is 5.80. The number of nitrogens with one attached hydrogen (secondary N) is 2. The van der Waals surface area contributed by atoms with Crippen LogP contribution < -0.4 is 10.6 Å². The maximum Gasteiger partial charge on any atom is 0.220 e. The molecule has 1 amide bonds. The average molecular weight is 381 g/mol. The number of hydrogen-bond donors (Lipinski definition) is 2. The van der Waals surface area contributed by atoms with Crippen LogP contribution in [0, 0.1) is 11.8 Å². The van der Waals surface area contributed by atoms with Crippen LogP contribution in [0.3, 0.4) is 0 Å². The summed E-state index contributed by atoms with van der Waals surface area (Å²) in [5.41, 5.74) is 0. The highest BCUT2D eigenvalue weighted by Crippen LogP contribution is 2.20. The molecule has 156 valence electrons. The van der Waals surface area contributed by atoms with Gasteiger partial charge in [-0.15, -0.1) is 0 Å². The van der Waals surface area contributed by atoms with Crippen LogP contribution >= 0.6 is 0 Å². The molecule has 7 nitrogen and oxygen atoms in total. The van der Waals surface area contributed by atoms with Crippen LogP contribution in [0.4, 0.5) is 0 Å². The van der Waals surface area contributed by atoms with Crippen LogP contribution in [-0.2, 0) is 4.79 Å². The van der Waals surface area contributed by atoms with Gasteiger partial charge in [-0.05, 0) is 31.7 Å². The molecule has 2 aliphatic rings. The highest BCUT2D eigenvalue weighted by Gasteiger charge is 2.27. The smallest absolute Gasteiger partial charge is 0.220 e. The van der Waals surface area contributed by atoms with E-state index in [0.717, 1.165) is 64.6 Å². The van der Waals surface area contributed by atoms with Crippen molar-refractivity contribution in [3.63, 3.8) is 0 Å². The van der Waals surface area contributed by atoms with E-state index >= 15 is 0 Å². The normalized spacial score (nSPS) is 22.1. The van der Waals surface area contributed by atoms with Crippen molar-refractivity contribution in [2.75, 3.05) is 67.0 Å². The fourth-order valence-electron chi connectivity index (χ4n) is 4.18. The fourth-order valence-corrected chi connectivity index (χ4v) is 4.18. The first-order valence-corrected chi connectivity index (χ1v) is 10.5. The number of carbonyl (C=O) groups excluding carboxylic acids is 1. The molecule has 0 bridgehead atoms. The summed E-state index contributed by atoms with van der Waals surface area (Å²) in [5, 5.41) is 6.38. The van der Waals surface area contributed by atoms with Gasteiger partial charge in [0.05, 0.1) is 0 Å².